The van der Waals surface area contributed by atoms with Gasteiger partial charge in [0.25, 0.3) is 5.91 Å². The minimum atomic E-state index is -1.12. The van der Waals surface area contributed by atoms with E-state index in [1.54, 1.807) is 0 Å². The molecule has 1 aromatic heterocycles. The lowest BCUT2D eigenvalue weighted by Crippen LogP contribution is -2.22. The zero-order valence-corrected chi connectivity index (χ0v) is 12.6. The second-order valence-electron chi connectivity index (χ2n) is 4.88. The topological polar surface area (TPSA) is 97.8 Å². The molecule has 0 aliphatic heterocycles. The van der Waals surface area contributed by atoms with Crippen LogP contribution in [-0.4, -0.2) is 41.3 Å². The first-order chi connectivity index (χ1) is 9.79. The van der Waals surface area contributed by atoms with Gasteiger partial charge in [0, 0.05) is 5.56 Å². The summed E-state index contributed by atoms with van der Waals surface area (Å²) in [5.41, 5.74) is 1.66. The normalized spacial score (nSPS) is 10.5. The number of nitrogens with zero attached hydrogens (tertiary/aromatic N) is 1. The molecule has 0 unspecified atom stereocenters. The van der Waals surface area contributed by atoms with Gasteiger partial charge >= 0.3 is 5.97 Å². The Labute approximate surface area is 123 Å². The smallest absolute Gasteiger partial charge is 0.329 e. The molecule has 0 spiro atoms. The van der Waals surface area contributed by atoms with E-state index in [0.29, 0.717) is 11.7 Å². The van der Waals surface area contributed by atoms with Crippen LogP contribution in [-0.2, 0) is 14.3 Å². The molecule has 1 rings (SSSR count). The highest BCUT2D eigenvalue weighted by molar-refractivity contribution is 5.91. The third-order valence-corrected chi connectivity index (χ3v) is 2.42. The van der Waals surface area contributed by atoms with Crippen LogP contribution in [0, 0.1) is 13.8 Å². The van der Waals surface area contributed by atoms with Crippen molar-refractivity contribution in [2.75, 3.05) is 18.5 Å². The van der Waals surface area contributed by atoms with E-state index in [4.69, 9.17) is 14.6 Å². The molecular formula is C14H20N2O5. The molecule has 0 saturated heterocycles. The quantitative estimate of drug-likeness (QED) is 0.791. The van der Waals surface area contributed by atoms with Crippen LogP contribution in [0.15, 0.2) is 6.07 Å². The standard InChI is InChI=1S/C14H20N2O5/c1-8(2)21-14-10(4)5-9(3)13(16-14)15-11(17)6-20-7-12(18)19/h5,8H,6-7H2,1-4H3,(H,18,19)(H,15,16,17). The molecule has 7 heteroatoms. The lowest BCUT2D eigenvalue weighted by Gasteiger charge is -2.14. The van der Waals surface area contributed by atoms with Crippen LogP contribution >= 0.6 is 0 Å². The number of carboxylic acid groups (broad SMARTS) is 1. The summed E-state index contributed by atoms with van der Waals surface area (Å²) in [6.45, 7) is 6.60. The fraction of sp³-hybridized carbons (Fsp3) is 0.500. The van der Waals surface area contributed by atoms with Crippen LogP contribution in [0.1, 0.15) is 25.0 Å². The highest BCUT2D eigenvalue weighted by atomic mass is 16.5. The molecule has 1 amide bonds. The van der Waals surface area contributed by atoms with E-state index in [1.165, 1.54) is 0 Å². The molecule has 2 N–H and O–H groups in total. The van der Waals surface area contributed by atoms with Gasteiger partial charge in [-0.3, -0.25) is 4.79 Å². The minimum absolute atomic E-state index is 0.0265. The molecule has 21 heavy (non-hydrogen) atoms. The predicted molar refractivity (Wildman–Crippen MR) is 76.6 cm³/mol. The monoisotopic (exact) mass is 296 g/mol. The Morgan fingerprint density at radius 2 is 1.95 bits per heavy atom. The summed E-state index contributed by atoms with van der Waals surface area (Å²) >= 11 is 0. The molecule has 0 aliphatic rings. The van der Waals surface area contributed by atoms with Gasteiger partial charge < -0.3 is 19.9 Å². The van der Waals surface area contributed by atoms with Crippen molar-refractivity contribution in [3.05, 3.63) is 17.2 Å². The van der Waals surface area contributed by atoms with Crippen molar-refractivity contribution < 1.29 is 24.2 Å². The Kier molecular flexibility index (Phi) is 6.10. The van der Waals surface area contributed by atoms with Gasteiger partial charge in [-0.25, -0.2) is 4.79 Å². The largest absolute Gasteiger partial charge is 0.480 e. The van der Waals surface area contributed by atoms with Crippen molar-refractivity contribution in [3.8, 4) is 5.88 Å². The summed E-state index contributed by atoms with van der Waals surface area (Å²) in [6, 6.07) is 1.86. The van der Waals surface area contributed by atoms with Crippen LogP contribution in [0.5, 0.6) is 5.88 Å². The van der Waals surface area contributed by atoms with Crippen LogP contribution < -0.4 is 10.1 Å². The first kappa shape index (κ1) is 16.9. The van der Waals surface area contributed by atoms with Gasteiger partial charge in [-0.2, -0.15) is 4.98 Å². The van der Waals surface area contributed by atoms with Gasteiger partial charge in [0.15, 0.2) is 0 Å². The fourth-order valence-corrected chi connectivity index (χ4v) is 1.60. The number of aliphatic carboxylic acids is 1. The Hall–Kier alpha value is -2.15. The number of carboxylic acids is 1. The number of carbonyl (C=O) groups excluding carboxylic acids is 1. The molecule has 0 saturated carbocycles. The molecule has 0 radical (unpaired) electrons. The molecule has 0 aromatic carbocycles. The minimum Gasteiger partial charge on any atom is -0.480 e. The highest BCUT2D eigenvalue weighted by Crippen LogP contribution is 2.22. The lowest BCUT2D eigenvalue weighted by molar-refractivity contribution is -0.143. The summed E-state index contributed by atoms with van der Waals surface area (Å²) in [7, 11) is 0. The Morgan fingerprint density at radius 1 is 1.29 bits per heavy atom. The van der Waals surface area contributed by atoms with Crippen LogP contribution in [0.4, 0.5) is 5.82 Å². The molecule has 116 valence electrons. The molecule has 1 heterocycles. The fourth-order valence-electron chi connectivity index (χ4n) is 1.60. The van der Waals surface area contributed by atoms with E-state index in [-0.39, 0.29) is 12.7 Å². The van der Waals surface area contributed by atoms with Crippen LogP contribution in [0.25, 0.3) is 0 Å². The highest BCUT2D eigenvalue weighted by Gasteiger charge is 2.12. The number of amides is 1. The Morgan fingerprint density at radius 3 is 2.52 bits per heavy atom. The third-order valence-electron chi connectivity index (χ3n) is 2.42. The van der Waals surface area contributed by atoms with Crippen molar-refractivity contribution in [2.45, 2.75) is 33.8 Å². The lowest BCUT2D eigenvalue weighted by atomic mass is 10.2. The second kappa shape index (κ2) is 7.58. The summed E-state index contributed by atoms with van der Waals surface area (Å²) in [5.74, 6) is -0.760. The average Bonchev–Trinajstić information content (AvgIpc) is 2.34. The summed E-state index contributed by atoms with van der Waals surface area (Å²) in [5, 5.41) is 11.0. The molecule has 0 fully saturated rings. The van der Waals surface area contributed by atoms with Crippen molar-refractivity contribution in [1.82, 2.24) is 4.98 Å². The first-order valence-electron chi connectivity index (χ1n) is 6.54. The molecule has 0 aliphatic carbocycles. The number of hydrogen-bond acceptors (Lipinski definition) is 5. The number of carbonyl (C=O) groups is 2. The SMILES string of the molecule is Cc1cc(C)c(OC(C)C)nc1NC(=O)COCC(=O)O. The summed E-state index contributed by atoms with van der Waals surface area (Å²) in [4.78, 5) is 26.2. The molecule has 7 nitrogen and oxygen atoms in total. The average molecular weight is 296 g/mol. The zero-order chi connectivity index (χ0) is 16.0. The van der Waals surface area contributed by atoms with Crippen molar-refractivity contribution >= 4 is 17.7 Å². The zero-order valence-electron chi connectivity index (χ0n) is 12.6. The Bertz CT molecular complexity index is 528. The first-order valence-corrected chi connectivity index (χ1v) is 6.54. The van der Waals surface area contributed by atoms with E-state index in [2.05, 4.69) is 10.3 Å². The number of hydrogen-bond donors (Lipinski definition) is 2. The number of pyridine rings is 1. The molecule has 1 aromatic rings. The second-order valence-corrected chi connectivity index (χ2v) is 4.88. The third kappa shape index (κ3) is 5.78. The van der Waals surface area contributed by atoms with Gasteiger partial charge in [-0.15, -0.1) is 0 Å². The number of anilines is 1. The van der Waals surface area contributed by atoms with Gasteiger partial charge in [0.05, 0.1) is 6.10 Å². The van der Waals surface area contributed by atoms with E-state index in [0.717, 1.165) is 11.1 Å². The predicted octanol–water partition coefficient (Wildman–Crippen LogP) is 1.53. The van der Waals surface area contributed by atoms with E-state index >= 15 is 0 Å². The number of nitrogens with one attached hydrogen (secondary N) is 1. The van der Waals surface area contributed by atoms with Gasteiger partial charge in [0.2, 0.25) is 5.88 Å². The van der Waals surface area contributed by atoms with Crippen LogP contribution in [0.2, 0.25) is 0 Å². The van der Waals surface area contributed by atoms with E-state index in [1.807, 2.05) is 33.8 Å². The summed E-state index contributed by atoms with van der Waals surface area (Å²) < 4.78 is 10.3. The van der Waals surface area contributed by atoms with Crippen molar-refractivity contribution in [2.24, 2.45) is 0 Å². The number of rotatable bonds is 7. The van der Waals surface area contributed by atoms with Gasteiger partial charge in [-0.05, 0) is 39.3 Å². The molecule has 0 bridgehead atoms. The molecular weight excluding hydrogens is 276 g/mol. The van der Waals surface area contributed by atoms with Gasteiger partial charge in [0.1, 0.15) is 19.0 Å². The van der Waals surface area contributed by atoms with Crippen LogP contribution in [0.3, 0.4) is 0 Å². The maximum atomic E-state index is 11.7. The van der Waals surface area contributed by atoms with Crippen molar-refractivity contribution in [1.29, 1.82) is 0 Å². The van der Waals surface area contributed by atoms with Crippen molar-refractivity contribution in [3.63, 3.8) is 0 Å². The molecule has 0 atom stereocenters. The number of ether oxygens (including phenoxy) is 2. The Balaban J connectivity index is 2.73. The number of aryl methyl sites for hydroxylation is 2. The maximum Gasteiger partial charge on any atom is 0.329 e. The summed E-state index contributed by atoms with van der Waals surface area (Å²) in [6.07, 6.45) is -0.0265. The number of aromatic nitrogens is 1. The van der Waals surface area contributed by atoms with E-state index in [9.17, 15) is 9.59 Å². The van der Waals surface area contributed by atoms with E-state index < -0.39 is 18.5 Å². The maximum absolute atomic E-state index is 11.7. The van der Waals surface area contributed by atoms with Gasteiger partial charge in [-0.1, -0.05) is 0 Å².